The van der Waals surface area contributed by atoms with E-state index < -0.39 is 5.97 Å². The van der Waals surface area contributed by atoms with Crippen molar-refractivity contribution in [2.75, 3.05) is 18.0 Å². The summed E-state index contributed by atoms with van der Waals surface area (Å²) in [5.41, 5.74) is 4.45. The summed E-state index contributed by atoms with van der Waals surface area (Å²) in [6.45, 7) is 8.26. The van der Waals surface area contributed by atoms with Crippen LogP contribution in [0.3, 0.4) is 0 Å². The molecule has 5 rings (SSSR count). The zero-order valence-corrected chi connectivity index (χ0v) is 19.8. The first-order chi connectivity index (χ1) is 16.3. The molecule has 0 spiro atoms. The van der Waals surface area contributed by atoms with Crippen LogP contribution in [0, 0.1) is 12.3 Å². The number of aliphatic carboxylic acids is 1. The van der Waals surface area contributed by atoms with Crippen LogP contribution in [0.25, 0.3) is 17.2 Å². The van der Waals surface area contributed by atoms with E-state index in [1.807, 2.05) is 53.9 Å². The number of anilines is 1. The SMILES string of the molecule is Cc1cc2nc(-c3nc(Cc4ccccc4)no3)cn2c(N2CCC(C)(C)CC2)c1CC(=O)O. The van der Waals surface area contributed by atoms with E-state index in [2.05, 4.69) is 28.9 Å². The van der Waals surface area contributed by atoms with Gasteiger partial charge in [-0.05, 0) is 42.4 Å². The first-order valence-electron chi connectivity index (χ1n) is 11.6. The normalized spacial score (nSPS) is 15.7. The van der Waals surface area contributed by atoms with Gasteiger partial charge in [0.1, 0.15) is 17.2 Å². The van der Waals surface area contributed by atoms with E-state index in [9.17, 15) is 9.90 Å². The van der Waals surface area contributed by atoms with E-state index in [1.54, 1.807) is 0 Å². The van der Waals surface area contributed by atoms with Crippen LogP contribution in [0.5, 0.6) is 0 Å². The van der Waals surface area contributed by atoms with Crippen molar-refractivity contribution in [1.29, 1.82) is 0 Å². The molecule has 3 aromatic heterocycles. The number of fused-ring (bicyclic) bond motifs is 1. The van der Waals surface area contributed by atoms with E-state index in [4.69, 9.17) is 9.51 Å². The highest BCUT2D eigenvalue weighted by Gasteiger charge is 2.29. The minimum Gasteiger partial charge on any atom is -0.481 e. The molecule has 0 radical (unpaired) electrons. The topological polar surface area (TPSA) is 96.8 Å². The number of carbonyl (C=O) groups is 1. The fourth-order valence-corrected chi connectivity index (χ4v) is 4.62. The molecule has 0 bridgehead atoms. The van der Waals surface area contributed by atoms with Gasteiger partial charge in [-0.25, -0.2) is 4.98 Å². The largest absolute Gasteiger partial charge is 0.481 e. The van der Waals surface area contributed by atoms with Crippen molar-refractivity contribution in [3.8, 4) is 11.6 Å². The average molecular weight is 460 g/mol. The van der Waals surface area contributed by atoms with Gasteiger partial charge in [-0.2, -0.15) is 4.98 Å². The second-order valence-electron chi connectivity index (χ2n) is 9.88. The van der Waals surface area contributed by atoms with Crippen molar-refractivity contribution >= 4 is 17.4 Å². The number of aromatic nitrogens is 4. The third-order valence-electron chi connectivity index (χ3n) is 6.69. The zero-order chi connectivity index (χ0) is 23.9. The highest BCUT2D eigenvalue weighted by atomic mass is 16.5. The number of carboxylic acid groups (broad SMARTS) is 1. The van der Waals surface area contributed by atoms with Gasteiger partial charge in [0, 0.05) is 31.3 Å². The number of hydrogen-bond acceptors (Lipinski definition) is 6. The zero-order valence-electron chi connectivity index (χ0n) is 19.8. The van der Waals surface area contributed by atoms with Crippen molar-refractivity contribution in [1.82, 2.24) is 19.5 Å². The van der Waals surface area contributed by atoms with Gasteiger partial charge < -0.3 is 14.5 Å². The predicted molar refractivity (Wildman–Crippen MR) is 129 cm³/mol. The summed E-state index contributed by atoms with van der Waals surface area (Å²) < 4.78 is 7.53. The van der Waals surface area contributed by atoms with Gasteiger partial charge in [0.2, 0.25) is 0 Å². The molecule has 176 valence electrons. The van der Waals surface area contributed by atoms with Crippen molar-refractivity contribution in [3.63, 3.8) is 0 Å². The molecule has 34 heavy (non-hydrogen) atoms. The Balaban J connectivity index is 1.54. The number of carboxylic acids is 1. The van der Waals surface area contributed by atoms with Gasteiger partial charge in [-0.3, -0.25) is 9.20 Å². The highest BCUT2D eigenvalue weighted by Crippen LogP contribution is 2.36. The average Bonchev–Trinajstić information content (AvgIpc) is 3.42. The lowest BCUT2D eigenvalue weighted by atomic mass is 9.82. The predicted octanol–water partition coefficient (Wildman–Crippen LogP) is 4.54. The van der Waals surface area contributed by atoms with Crippen molar-refractivity contribution in [3.05, 3.63) is 65.1 Å². The summed E-state index contributed by atoms with van der Waals surface area (Å²) >= 11 is 0. The number of piperidine rings is 1. The van der Waals surface area contributed by atoms with Gasteiger partial charge in [-0.15, -0.1) is 0 Å². The van der Waals surface area contributed by atoms with Crippen LogP contribution in [0.1, 0.15) is 49.2 Å². The third-order valence-corrected chi connectivity index (χ3v) is 6.69. The smallest absolute Gasteiger partial charge is 0.307 e. The quantitative estimate of drug-likeness (QED) is 0.452. The second-order valence-corrected chi connectivity index (χ2v) is 9.88. The van der Waals surface area contributed by atoms with Crippen molar-refractivity contribution < 1.29 is 14.4 Å². The van der Waals surface area contributed by atoms with Crippen molar-refractivity contribution in [2.24, 2.45) is 5.41 Å². The van der Waals surface area contributed by atoms with Gasteiger partial charge in [0.15, 0.2) is 5.82 Å². The number of benzene rings is 1. The number of imidazole rings is 1. The van der Waals surface area contributed by atoms with Gasteiger partial charge in [0.25, 0.3) is 5.89 Å². The van der Waals surface area contributed by atoms with Crippen molar-refractivity contribution in [2.45, 2.75) is 46.5 Å². The summed E-state index contributed by atoms with van der Waals surface area (Å²) in [6, 6.07) is 11.9. The monoisotopic (exact) mass is 459 g/mol. The molecule has 0 atom stereocenters. The molecule has 1 aliphatic rings. The summed E-state index contributed by atoms with van der Waals surface area (Å²) in [6.07, 6.45) is 4.52. The van der Waals surface area contributed by atoms with Crippen LogP contribution in [-0.4, -0.2) is 43.7 Å². The van der Waals surface area contributed by atoms with E-state index in [0.717, 1.165) is 54.1 Å². The lowest BCUT2D eigenvalue weighted by molar-refractivity contribution is -0.136. The summed E-state index contributed by atoms with van der Waals surface area (Å²) in [5, 5.41) is 13.7. The minimum atomic E-state index is -0.844. The molecule has 8 nitrogen and oxygen atoms in total. The highest BCUT2D eigenvalue weighted by molar-refractivity contribution is 5.75. The summed E-state index contributed by atoms with van der Waals surface area (Å²) in [7, 11) is 0. The number of rotatable bonds is 6. The Labute approximate surface area is 198 Å². The molecular formula is C26H29N5O3. The maximum Gasteiger partial charge on any atom is 0.307 e. The lowest BCUT2D eigenvalue weighted by Gasteiger charge is -2.39. The van der Waals surface area contributed by atoms with Crippen LogP contribution < -0.4 is 4.90 Å². The minimum absolute atomic E-state index is 0.0354. The Hall–Kier alpha value is -3.68. The number of hydrogen-bond donors (Lipinski definition) is 1. The number of pyridine rings is 1. The summed E-state index contributed by atoms with van der Waals surface area (Å²) in [5.74, 6) is 1.01. The molecular weight excluding hydrogens is 430 g/mol. The van der Waals surface area contributed by atoms with Crippen LogP contribution in [-0.2, 0) is 17.6 Å². The molecule has 1 N–H and O–H groups in total. The molecule has 1 aromatic carbocycles. The van der Waals surface area contributed by atoms with Gasteiger partial charge >= 0.3 is 5.97 Å². The van der Waals surface area contributed by atoms with E-state index >= 15 is 0 Å². The first-order valence-corrected chi connectivity index (χ1v) is 11.6. The standard InChI is InChI=1S/C26H29N5O3/c1-17-13-22-27-20(24-28-21(29-34-24)14-18-7-5-4-6-8-18)16-31(22)25(19(17)15-23(32)33)30-11-9-26(2,3)10-12-30/h4-8,13,16H,9-12,14-15H2,1-3H3,(H,32,33). The Bertz CT molecular complexity index is 1330. The Morgan fingerprint density at radius 2 is 1.88 bits per heavy atom. The van der Waals surface area contributed by atoms with E-state index in [1.165, 1.54) is 0 Å². The lowest BCUT2D eigenvalue weighted by Crippen LogP contribution is -2.39. The molecule has 0 amide bonds. The van der Waals surface area contributed by atoms with E-state index in [0.29, 0.717) is 23.8 Å². The molecule has 0 unspecified atom stereocenters. The molecule has 1 aliphatic heterocycles. The molecule has 1 fully saturated rings. The molecule has 0 aliphatic carbocycles. The molecule has 4 aromatic rings. The number of aryl methyl sites for hydroxylation is 1. The Morgan fingerprint density at radius 3 is 2.59 bits per heavy atom. The second kappa shape index (κ2) is 8.59. The Kier molecular flexibility index (Phi) is 5.59. The maximum atomic E-state index is 11.7. The van der Waals surface area contributed by atoms with Crippen LogP contribution >= 0.6 is 0 Å². The van der Waals surface area contributed by atoms with Gasteiger partial charge in [-0.1, -0.05) is 49.3 Å². The first kappa shape index (κ1) is 22.1. The van der Waals surface area contributed by atoms with Crippen LogP contribution in [0.4, 0.5) is 5.82 Å². The Morgan fingerprint density at radius 1 is 1.15 bits per heavy atom. The van der Waals surface area contributed by atoms with Gasteiger partial charge in [0.05, 0.1) is 6.42 Å². The fourth-order valence-electron chi connectivity index (χ4n) is 4.62. The molecule has 0 saturated carbocycles. The molecule has 8 heteroatoms. The fraction of sp³-hybridized carbons (Fsp3) is 0.385. The molecule has 1 saturated heterocycles. The maximum absolute atomic E-state index is 11.7. The molecule has 4 heterocycles. The third kappa shape index (κ3) is 4.40. The van der Waals surface area contributed by atoms with E-state index in [-0.39, 0.29) is 11.8 Å². The summed E-state index contributed by atoms with van der Waals surface area (Å²) in [4.78, 5) is 23.3. The number of nitrogens with zero attached hydrogens (tertiary/aromatic N) is 5. The van der Waals surface area contributed by atoms with Crippen LogP contribution in [0.15, 0.2) is 47.1 Å². The van der Waals surface area contributed by atoms with Crippen LogP contribution in [0.2, 0.25) is 0 Å².